The lowest BCUT2D eigenvalue weighted by Crippen LogP contribution is -2.04. The Morgan fingerprint density at radius 3 is 2.42 bits per heavy atom. The van der Waals surface area contributed by atoms with Gasteiger partial charge in [0.1, 0.15) is 11.0 Å². The van der Waals surface area contributed by atoms with Crippen LogP contribution >= 0.6 is 0 Å². The van der Waals surface area contributed by atoms with Gasteiger partial charge in [0.25, 0.3) is 5.69 Å². The van der Waals surface area contributed by atoms with Crippen molar-refractivity contribution in [2.45, 2.75) is 11.8 Å². The fourth-order valence-electron chi connectivity index (χ4n) is 2.38. The average molecular weight is 372 g/mol. The molecule has 0 aromatic heterocycles. The minimum absolute atomic E-state index is 0.0634. The Morgan fingerprint density at radius 1 is 1.23 bits per heavy atom. The van der Waals surface area contributed by atoms with Gasteiger partial charge in [-0.05, 0) is 31.2 Å². The molecule has 0 radical (unpaired) electrons. The van der Waals surface area contributed by atoms with Gasteiger partial charge in [0.2, 0.25) is 16.6 Å². The predicted octanol–water partition coefficient (Wildman–Crippen LogP) is 2.97. The highest BCUT2D eigenvalue weighted by molar-refractivity contribution is 7.95. The topological polar surface area (TPSA) is 120 Å². The summed E-state index contributed by atoms with van der Waals surface area (Å²) in [5.41, 5.74) is 0.408. The number of nitro benzene ring substituents is 1. The van der Waals surface area contributed by atoms with Crippen molar-refractivity contribution in [2.75, 3.05) is 6.79 Å². The van der Waals surface area contributed by atoms with Gasteiger partial charge in [0.15, 0.2) is 11.5 Å². The second kappa shape index (κ2) is 6.50. The molecular formula is C17H12N2O6S. The third kappa shape index (κ3) is 3.10. The van der Waals surface area contributed by atoms with Crippen LogP contribution in [0.3, 0.4) is 0 Å². The summed E-state index contributed by atoms with van der Waals surface area (Å²) in [5.74, 6) is 0.431. The van der Waals surface area contributed by atoms with Crippen LogP contribution < -0.4 is 9.47 Å². The van der Waals surface area contributed by atoms with Crippen molar-refractivity contribution in [1.82, 2.24) is 0 Å². The molecule has 0 amide bonds. The molecule has 0 spiro atoms. The van der Waals surface area contributed by atoms with Crippen LogP contribution in [0.2, 0.25) is 0 Å². The highest BCUT2D eigenvalue weighted by atomic mass is 32.2. The van der Waals surface area contributed by atoms with Crippen LogP contribution in [-0.4, -0.2) is 20.1 Å². The number of ether oxygens (including phenoxy) is 2. The zero-order chi connectivity index (χ0) is 18.9. The largest absolute Gasteiger partial charge is 0.454 e. The van der Waals surface area contributed by atoms with E-state index in [0.717, 1.165) is 17.7 Å². The lowest BCUT2D eigenvalue weighted by molar-refractivity contribution is -0.385. The van der Waals surface area contributed by atoms with Crippen molar-refractivity contribution >= 4 is 21.6 Å². The maximum Gasteiger partial charge on any atom is 0.280 e. The molecule has 2 aromatic rings. The molecule has 132 valence electrons. The summed E-state index contributed by atoms with van der Waals surface area (Å²) in [6.45, 7) is 1.71. The summed E-state index contributed by atoms with van der Waals surface area (Å²) in [7, 11) is -4.12. The lowest BCUT2D eigenvalue weighted by atomic mass is 10.1. The van der Waals surface area contributed by atoms with Gasteiger partial charge in [0.05, 0.1) is 21.4 Å². The third-order valence-corrected chi connectivity index (χ3v) is 5.42. The molecule has 8 nitrogen and oxygen atoms in total. The molecule has 0 saturated heterocycles. The van der Waals surface area contributed by atoms with E-state index < -0.39 is 19.7 Å². The number of hydrogen-bond donors (Lipinski definition) is 0. The Bertz CT molecular complexity index is 1070. The molecular weight excluding hydrogens is 360 g/mol. The molecule has 0 saturated carbocycles. The molecule has 0 N–H and O–H groups in total. The van der Waals surface area contributed by atoms with Gasteiger partial charge in [-0.2, -0.15) is 5.26 Å². The van der Waals surface area contributed by atoms with Crippen molar-refractivity contribution in [3.8, 4) is 17.6 Å². The summed E-state index contributed by atoms with van der Waals surface area (Å²) in [6, 6.07) is 10.00. The summed E-state index contributed by atoms with van der Waals surface area (Å²) in [4.78, 5) is 9.94. The highest BCUT2D eigenvalue weighted by Gasteiger charge is 2.26. The normalized spacial score (nSPS) is 13.3. The standard InChI is InChI=1S/C17H12N2O6S/c1-11-2-4-13(5-3-11)26(22,23)14(9-18)6-12-7-16-17(25-10-24-16)8-15(12)19(20)21/h2-8H,10H2,1H3. The van der Waals surface area contributed by atoms with Gasteiger partial charge < -0.3 is 9.47 Å². The Hall–Kier alpha value is -3.38. The molecule has 1 aliphatic heterocycles. The average Bonchev–Trinajstić information content (AvgIpc) is 3.06. The number of benzene rings is 2. The van der Waals surface area contributed by atoms with E-state index in [0.29, 0.717) is 0 Å². The van der Waals surface area contributed by atoms with E-state index in [9.17, 15) is 23.8 Å². The number of nitro groups is 1. The van der Waals surface area contributed by atoms with Crippen molar-refractivity contribution in [1.29, 1.82) is 5.26 Å². The van der Waals surface area contributed by atoms with Gasteiger partial charge in [-0.25, -0.2) is 8.42 Å². The zero-order valence-corrected chi connectivity index (χ0v) is 14.3. The predicted molar refractivity (Wildman–Crippen MR) is 91.2 cm³/mol. The van der Waals surface area contributed by atoms with Crippen LogP contribution in [0.15, 0.2) is 46.2 Å². The zero-order valence-electron chi connectivity index (χ0n) is 13.5. The summed E-state index contributed by atoms with van der Waals surface area (Å²) >= 11 is 0. The highest BCUT2D eigenvalue weighted by Crippen LogP contribution is 2.39. The van der Waals surface area contributed by atoms with Crippen LogP contribution in [0.25, 0.3) is 6.08 Å². The van der Waals surface area contributed by atoms with Crippen LogP contribution in [0.1, 0.15) is 11.1 Å². The van der Waals surface area contributed by atoms with Crippen molar-refractivity contribution in [3.63, 3.8) is 0 Å². The van der Waals surface area contributed by atoms with Crippen LogP contribution in [0, 0.1) is 28.4 Å². The first-order valence-corrected chi connectivity index (χ1v) is 8.83. The van der Waals surface area contributed by atoms with Crippen molar-refractivity contribution in [2.24, 2.45) is 0 Å². The number of nitriles is 1. The van der Waals surface area contributed by atoms with Gasteiger partial charge in [-0.15, -0.1) is 0 Å². The molecule has 0 bridgehead atoms. The van der Waals surface area contributed by atoms with Crippen LogP contribution in [-0.2, 0) is 9.84 Å². The third-order valence-electron chi connectivity index (χ3n) is 3.74. The Morgan fingerprint density at radius 2 is 1.85 bits per heavy atom. The minimum Gasteiger partial charge on any atom is -0.454 e. The van der Waals surface area contributed by atoms with Gasteiger partial charge in [0, 0.05) is 0 Å². The Labute approximate surface area is 149 Å². The maximum absolute atomic E-state index is 12.7. The van der Waals surface area contributed by atoms with Gasteiger partial charge in [-0.3, -0.25) is 10.1 Å². The van der Waals surface area contributed by atoms with E-state index in [1.54, 1.807) is 25.1 Å². The maximum atomic E-state index is 12.7. The molecule has 1 heterocycles. The molecule has 3 rings (SSSR count). The van der Waals surface area contributed by atoms with Gasteiger partial charge in [-0.1, -0.05) is 17.7 Å². The smallest absolute Gasteiger partial charge is 0.280 e. The number of nitrogens with zero attached hydrogens (tertiary/aromatic N) is 2. The SMILES string of the molecule is Cc1ccc(S(=O)(=O)C(C#N)=Cc2cc3c(cc2[N+](=O)[O-])OCO3)cc1. The fourth-order valence-corrected chi connectivity index (χ4v) is 3.53. The molecule has 9 heteroatoms. The molecule has 26 heavy (non-hydrogen) atoms. The first-order valence-electron chi connectivity index (χ1n) is 7.34. The Kier molecular flexibility index (Phi) is 4.36. The van der Waals surface area contributed by atoms with E-state index >= 15 is 0 Å². The summed E-state index contributed by atoms with van der Waals surface area (Å²) < 4.78 is 35.6. The van der Waals surface area contributed by atoms with Crippen LogP contribution in [0.4, 0.5) is 5.69 Å². The van der Waals surface area contributed by atoms with Crippen LogP contribution in [0.5, 0.6) is 11.5 Å². The van der Waals surface area contributed by atoms with Crippen molar-refractivity contribution < 1.29 is 22.8 Å². The number of aryl methyl sites for hydroxylation is 1. The number of sulfone groups is 1. The quantitative estimate of drug-likeness (QED) is 0.459. The van der Waals surface area contributed by atoms with E-state index in [1.165, 1.54) is 18.2 Å². The number of allylic oxidation sites excluding steroid dienone is 1. The Balaban J connectivity index is 2.14. The molecule has 0 atom stereocenters. The van der Waals surface area contributed by atoms with Gasteiger partial charge >= 0.3 is 0 Å². The first-order chi connectivity index (χ1) is 12.3. The summed E-state index contributed by atoms with van der Waals surface area (Å²) in [6.07, 6.45) is 0.968. The molecule has 2 aromatic carbocycles. The van der Waals surface area contributed by atoms with E-state index in [4.69, 9.17) is 9.47 Å². The number of hydrogen-bond acceptors (Lipinski definition) is 7. The molecule has 0 unspecified atom stereocenters. The monoisotopic (exact) mass is 372 g/mol. The second-order valence-corrected chi connectivity index (χ2v) is 7.38. The van der Waals surface area contributed by atoms with E-state index in [2.05, 4.69) is 0 Å². The fraction of sp³-hybridized carbons (Fsp3) is 0.118. The van der Waals surface area contributed by atoms with E-state index in [-0.39, 0.29) is 34.4 Å². The minimum atomic E-state index is -4.12. The molecule has 0 aliphatic carbocycles. The summed E-state index contributed by atoms with van der Waals surface area (Å²) in [5, 5.41) is 20.6. The van der Waals surface area contributed by atoms with E-state index in [1.807, 2.05) is 0 Å². The molecule has 0 fully saturated rings. The second-order valence-electron chi connectivity index (χ2n) is 5.46. The van der Waals surface area contributed by atoms with Crippen molar-refractivity contribution in [3.05, 3.63) is 62.5 Å². The number of fused-ring (bicyclic) bond motifs is 1. The number of rotatable bonds is 4. The lowest BCUT2D eigenvalue weighted by Gasteiger charge is -2.05. The first kappa shape index (κ1) is 17.4. The molecule has 1 aliphatic rings.